The van der Waals surface area contributed by atoms with Crippen molar-refractivity contribution in [2.24, 2.45) is 0 Å². The lowest BCUT2D eigenvalue weighted by atomic mass is 10.0. The number of hydrogen-bond acceptors (Lipinski definition) is 2. The Balaban J connectivity index is 1.68. The van der Waals surface area contributed by atoms with Gasteiger partial charge in [-0.2, -0.15) is 0 Å². The summed E-state index contributed by atoms with van der Waals surface area (Å²) in [6, 6.07) is 20.0. The van der Waals surface area contributed by atoms with E-state index >= 15 is 0 Å². The van der Waals surface area contributed by atoms with Crippen LogP contribution in [0.4, 0.5) is 0 Å². The fraction of sp³-hybridized carbons (Fsp3) is 0.333. The third kappa shape index (κ3) is 4.92. The Morgan fingerprint density at radius 2 is 1.64 bits per heavy atom. The summed E-state index contributed by atoms with van der Waals surface area (Å²) in [5.41, 5.74) is 2.32. The van der Waals surface area contributed by atoms with Gasteiger partial charge < -0.3 is 10.2 Å². The van der Waals surface area contributed by atoms with E-state index in [2.05, 4.69) is 17.4 Å². The van der Waals surface area contributed by atoms with Crippen LogP contribution in [0.1, 0.15) is 24.0 Å². The molecule has 25 heavy (non-hydrogen) atoms. The van der Waals surface area contributed by atoms with Crippen molar-refractivity contribution in [3.63, 3.8) is 0 Å². The lowest BCUT2D eigenvalue weighted by Crippen LogP contribution is -2.42. The average Bonchev–Trinajstić information content (AvgIpc) is 2.82. The van der Waals surface area contributed by atoms with Crippen LogP contribution >= 0.6 is 0 Å². The maximum absolute atomic E-state index is 12.8. The monoisotopic (exact) mass is 336 g/mol. The number of nitrogens with zero attached hydrogens (tertiary/aromatic N) is 1. The molecule has 0 aliphatic carbocycles. The van der Waals surface area contributed by atoms with Crippen LogP contribution in [0.5, 0.6) is 0 Å². The second kappa shape index (κ2) is 8.47. The summed E-state index contributed by atoms with van der Waals surface area (Å²) in [5, 5.41) is 2.89. The van der Waals surface area contributed by atoms with Gasteiger partial charge in [-0.05, 0) is 24.0 Å². The number of benzene rings is 2. The molecule has 0 saturated carbocycles. The highest BCUT2D eigenvalue weighted by atomic mass is 16.2. The molecule has 4 nitrogen and oxygen atoms in total. The van der Waals surface area contributed by atoms with Gasteiger partial charge in [-0.1, -0.05) is 60.7 Å². The number of rotatable bonds is 5. The Morgan fingerprint density at radius 1 is 1.00 bits per heavy atom. The van der Waals surface area contributed by atoms with E-state index < -0.39 is 0 Å². The number of aryl methyl sites for hydroxylation is 1. The standard InChI is InChI=1S/C21H24N2O2/c24-20-16-19(15-18-9-5-2-6-10-18)23(14-13-22-20)21(25)12-11-17-7-3-1-4-8-17/h1-10,19H,11-16H2,(H,22,24). The maximum Gasteiger partial charge on any atom is 0.223 e. The average molecular weight is 336 g/mol. The van der Waals surface area contributed by atoms with Gasteiger partial charge in [-0.25, -0.2) is 0 Å². The molecule has 1 N–H and O–H groups in total. The van der Waals surface area contributed by atoms with E-state index in [-0.39, 0.29) is 17.9 Å². The van der Waals surface area contributed by atoms with E-state index in [1.165, 1.54) is 5.56 Å². The molecule has 130 valence electrons. The van der Waals surface area contributed by atoms with Crippen molar-refractivity contribution in [2.75, 3.05) is 13.1 Å². The van der Waals surface area contributed by atoms with Crippen LogP contribution in [0.2, 0.25) is 0 Å². The summed E-state index contributed by atoms with van der Waals surface area (Å²) in [5.74, 6) is 0.153. The van der Waals surface area contributed by atoms with Crippen molar-refractivity contribution in [2.45, 2.75) is 31.7 Å². The summed E-state index contributed by atoms with van der Waals surface area (Å²) < 4.78 is 0. The first kappa shape index (κ1) is 17.2. The van der Waals surface area contributed by atoms with Crippen LogP contribution < -0.4 is 5.32 Å². The predicted octanol–water partition coefficient (Wildman–Crippen LogP) is 2.58. The summed E-state index contributed by atoms with van der Waals surface area (Å²) in [4.78, 5) is 26.7. The fourth-order valence-corrected chi connectivity index (χ4v) is 3.33. The molecule has 4 heteroatoms. The molecule has 0 bridgehead atoms. The van der Waals surface area contributed by atoms with Crippen molar-refractivity contribution in [1.29, 1.82) is 0 Å². The molecule has 1 atom stereocenters. The Bertz CT molecular complexity index is 700. The second-order valence-electron chi connectivity index (χ2n) is 6.47. The smallest absolute Gasteiger partial charge is 0.223 e. The first-order chi connectivity index (χ1) is 12.2. The molecular formula is C21H24N2O2. The van der Waals surface area contributed by atoms with Gasteiger partial charge in [0.05, 0.1) is 0 Å². The molecule has 1 saturated heterocycles. The van der Waals surface area contributed by atoms with Gasteiger partial charge in [-0.3, -0.25) is 9.59 Å². The van der Waals surface area contributed by atoms with E-state index in [9.17, 15) is 9.59 Å². The first-order valence-corrected chi connectivity index (χ1v) is 8.86. The normalized spacial score (nSPS) is 17.7. The molecule has 2 aromatic rings. The molecule has 1 fully saturated rings. The Morgan fingerprint density at radius 3 is 2.32 bits per heavy atom. The summed E-state index contributed by atoms with van der Waals surface area (Å²) >= 11 is 0. The molecule has 0 radical (unpaired) electrons. The van der Waals surface area contributed by atoms with Crippen LogP contribution in [0, 0.1) is 0 Å². The van der Waals surface area contributed by atoms with Gasteiger partial charge in [0, 0.05) is 32.0 Å². The molecular weight excluding hydrogens is 312 g/mol. The van der Waals surface area contributed by atoms with Crippen LogP contribution in [-0.2, 0) is 22.4 Å². The zero-order valence-corrected chi connectivity index (χ0v) is 14.4. The largest absolute Gasteiger partial charge is 0.354 e. The van der Waals surface area contributed by atoms with Crippen LogP contribution in [0.15, 0.2) is 60.7 Å². The topological polar surface area (TPSA) is 49.4 Å². The van der Waals surface area contributed by atoms with E-state index in [4.69, 9.17) is 0 Å². The Labute approximate surface area is 148 Å². The van der Waals surface area contributed by atoms with Crippen molar-refractivity contribution in [3.05, 3.63) is 71.8 Å². The van der Waals surface area contributed by atoms with Crippen molar-refractivity contribution in [3.8, 4) is 0 Å². The fourth-order valence-electron chi connectivity index (χ4n) is 3.33. The molecule has 2 aromatic carbocycles. The molecule has 1 aliphatic heterocycles. The number of nitrogens with one attached hydrogen (secondary N) is 1. The number of hydrogen-bond donors (Lipinski definition) is 1. The Hall–Kier alpha value is -2.62. The van der Waals surface area contributed by atoms with Gasteiger partial charge in [0.2, 0.25) is 11.8 Å². The third-order valence-electron chi connectivity index (χ3n) is 4.64. The van der Waals surface area contributed by atoms with Crippen LogP contribution in [0.3, 0.4) is 0 Å². The number of carbonyl (C=O) groups is 2. The molecule has 1 aliphatic rings. The summed E-state index contributed by atoms with van der Waals surface area (Å²) in [6.45, 7) is 1.11. The van der Waals surface area contributed by atoms with Gasteiger partial charge in [0.25, 0.3) is 0 Å². The predicted molar refractivity (Wildman–Crippen MR) is 98.0 cm³/mol. The molecule has 0 aromatic heterocycles. The molecule has 0 spiro atoms. The molecule has 1 unspecified atom stereocenters. The number of carbonyl (C=O) groups excluding carboxylic acids is 2. The van der Waals surface area contributed by atoms with Gasteiger partial charge >= 0.3 is 0 Å². The second-order valence-corrected chi connectivity index (χ2v) is 6.47. The third-order valence-corrected chi connectivity index (χ3v) is 4.64. The van der Waals surface area contributed by atoms with Crippen molar-refractivity contribution < 1.29 is 9.59 Å². The van der Waals surface area contributed by atoms with Crippen molar-refractivity contribution in [1.82, 2.24) is 10.2 Å². The molecule has 1 heterocycles. The maximum atomic E-state index is 12.8. The summed E-state index contributed by atoms with van der Waals surface area (Å²) in [7, 11) is 0. The number of amides is 2. The highest BCUT2D eigenvalue weighted by molar-refractivity contribution is 5.81. The highest BCUT2D eigenvalue weighted by Crippen LogP contribution is 2.16. The molecule has 2 amide bonds. The summed E-state index contributed by atoms with van der Waals surface area (Å²) in [6.07, 6.45) is 2.29. The van der Waals surface area contributed by atoms with Gasteiger partial charge in [0.15, 0.2) is 0 Å². The van der Waals surface area contributed by atoms with Gasteiger partial charge in [0.1, 0.15) is 0 Å². The van der Waals surface area contributed by atoms with E-state index in [0.29, 0.717) is 32.4 Å². The van der Waals surface area contributed by atoms with E-state index in [1.807, 2.05) is 53.4 Å². The minimum absolute atomic E-state index is 0.0271. The van der Waals surface area contributed by atoms with Crippen LogP contribution in [-0.4, -0.2) is 35.8 Å². The van der Waals surface area contributed by atoms with Crippen molar-refractivity contribution >= 4 is 11.8 Å². The lowest BCUT2D eigenvalue weighted by molar-refractivity contribution is -0.133. The minimum atomic E-state index is -0.0758. The first-order valence-electron chi connectivity index (χ1n) is 8.86. The van der Waals surface area contributed by atoms with Crippen LogP contribution in [0.25, 0.3) is 0 Å². The van der Waals surface area contributed by atoms with Gasteiger partial charge in [-0.15, -0.1) is 0 Å². The quantitative estimate of drug-likeness (QED) is 0.912. The zero-order chi connectivity index (χ0) is 17.5. The Kier molecular flexibility index (Phi) is 5.83. The minimum Gasteiger partial charge on any atom is -0.354 e. The van der Waals surface area contributed by atoms with E-state index in [0.717, 1.165) is 12.0 Å². The van der Waals surface area contributed by atoms with E-state index in [1.54, 1.807) is 0 Å². The highest BCUT2D eigenvalue weighted by Gasteiger charge is 2.28. The lowest BCUT2D eigenvalue weighted by Gasteiger charge is -2.29. The SMILES string of the molecule is O=C1CC(Cc2ccccc2)N(C(=O)CCc2ccccc2)CCN1. The molecule has 3 rings (SSSR count). The zero-order valence-electron chi connectivity index (χ0n) is 14.4.